The van der Waals surface area contributed by atoms with Crippen LogP contribution in [0.2, 0.25) is 0 Å². The maximum absolute atomic E-state index is 11.2. The molecule has 0 saturated heterocycles. The van der Waals surface area contributed by atoms with Gasteiger partial charge in [-0.15, -0.1) is 0 Å². The van der Waals surface area contributed by atoms with E-state index >= 15 is 0 Å². The lowest BCUT2D eigenvalue weighted by atomic mass is 10.1. The van der Waals surface area contributed by atoms with Crippen molar-refractivity contribution in [3.05, 3.63) is 72.4 Å². The molecule has 0 saturated carbocycles. The van der Waals surface area contributed by atoms with E-state index < -0.39 is 0 Å². The minimum atomic E-state index is -0.179. The lowest BCUT2D eigenvalue weighted by Crippen LogP contribution is -2.08. The molecule has 2 N–H and O–H groups in total. The summed E-state index contributed by atoms with van der Waals surface area (Å²) in [5, 5.41) is 6.06. The number of ether oxygens (including phenoxy) is 1. The van der Waals surface area contributed by atoms with Gasteiger partial charge in [-0.1, -0.05) is 30.3 Å². The summed E-state index contributed by atoms with van der Waals surface area (Å²) in [4.78, 5) is 20.0. The second-order valence-electron chi connectivity index (χ2n) is 6.97. The zero-order valence-corrected chi connectivity index (χ0v) is 16.9. The molecule has 0 spiro atoms. The number of rotatable bonds is 7. The van der Waals surface area contributed by atoms with Crippen LogP contribution >= 0.6 is 0 Å². The average Bonchev–Trinajstić information content (AvgIpc) is 3.04. The minimum absolute atomic E-state index is 0.179. The highest BCUT2D eigenvalue weighted by Crippen LogP contribution is 2.27. The van der Waals surface area contributed by atoms with E-state index in [0.717, 1.165) is 29.9 Å². The van der Waals surface area contributed by atoms with Gasteiger partial charge in [-0.3, -0.25) is 4.79 Å². The molecule has 2 aromatic carbocycles. The smallest absolute Gasteiger partial charge is 0.222 e. The lowest BCUT2D eigenvalue weighted by Gasteiger charge is -2.08. The Balaban J connectivity index is 1.47. The summed E-state index contributed by atoms with van der Waals surface area (Å²) in [7, 11) is 1.99. The standard InChI is InChI=1S/C23H23N5O2/c1-16(29)26-22-15-19(11-13-24-22)30-18-8-9-21-20(14-18)27-23(28(21)2)25-12-10-17-6-4-3-5-7-17/h3-9,11,13-15H,10,12H2,1-2H3,(H,25,27)(H,24,26,29). The molecule has 2 heterocycles. The van der Waals surface area contributed by atoms with Crippen LogP contribution in [0.5, 0.6) is 11.5 Å². The fraction of sp³-hybridized carbons (Fsp3) is 0.174. The lowest BCUT2D eigenvalue weighted by molar-refractivity contribution is -0.114. The third kappa shape index (κ3) is 4.57. The quantitative estimate of drug-likeness (QED) is 0.480. The molecule has 0 atom stereocenters. The number of carbonyl (C=O) groups is 1. The first-order valence-corrected chi connectivity index (χ1v) is 9.74. The fourth-order valence-corrected chi connectivity index (χ4v) is 3.22. The number of hydrogen-bond acceptors (Lipinski definition) is 5. The number of aryl methyl sites for hydroxylation is 1. The monoisotopic (exact) mass is 401 g/mol. The Morgan fingerprint density at radius 3 is 2.67 bits per heavy atom. The summed E-state index contributed by atoms with van der Waals surface area (Å²) < 4.78 is 7.97. The van der Waals surface area contributed by atoms with E-state index in [-0.39, 0.29) is 5.91 Å². The van der Waals surface area contributed by atoms with E-state index in [1.165, 1.54) is 12.5 Å². The second-order valence-corrected chi connectivity index (χ2v) is 6.97. The highest BCUT2D eigenvalue weighted by molar-refractivity contribution is 5.87. The van der Waals surface area contributed by atoms with Crippen LogP contribution in [0.25, 0.3) is 11.0 Å². The van der Waals surface area contributed by atoms with Gasteiger partial charge in [-0.2, -0.15) is 0 Å². The zero-order chi connectivity index (χ0) is 20.9. The number of benzene rings is 2. The molecule has 152 valence electrons. The molecule has 0 aliphatic carbocycles. The molecule has 7 nitrogen and oxygen atoms in total. The maximum atomic E-state index is 11.2. The molecule has 30 heavy (non-hydrogen) atoms. The van der Waals surface area contributed by atoms with Gasteiger partial charge in [0, 0.05) is 38.8 Å². The van der Waals surface area contributed by atoms with Gasteiger partial charge in [0.05, 0.1) is 11.0 Å². The van der Waals surface area contributed by atoms with Crippen molar-refractivity contribution < 1.29 is 9.53 Å². The van der Waals surface area contributed by atoms with Gasteiger partial charge in [-0.05, 0) is 30.2 Å². The number of fused-ring (bicyclic) bond motifs is 1. The van der Waals surface area contributed by atoms with E-state index in [4.69, 9.17) is 9.72 Å². The SMILES string of the molecule is CC(=O)Nc1cc(Oc2ccc3c(c2)nc(NCCc2ccccc2)n3C)ccn1. The van der Waals surface area contributed by atoms with Gasteiger partial charge in [0.2, 0.25) is 11.9 Å². The van der Waals surface area contributed by atoms with Crippen molar-refractivity contribution in [3.8, 4) is 11.5 Å². The van der Waals surface area contributed by atoms with Crippen LogP contribution in [0.3, 0.4) is 0 Å². The number of amides is 1. The molecule has 4 aromatic rings. The zero-order valence-electron chi connectivity index (χ0n) is 16.9. The average molecular weight is 401 g/mol. The third-order valence-corrected chi connectivity index (χ3v) is 4.66. The number of imidazole rings is 1. The number of nitrogens with one attached hydrogen (secondary N) is 2. The summed E-state index contributed by atoms with van der Waals surface area (Å²) in [5.41, 5.74) is 3.14. The van der Waals surface area contributed by atoms with Crippen LogP contribution in [-0.4, -0.2) is 27.0 Å². The largest absolute Gasteiger partial charge is 0.457 e. The van der Waals surface area contributed by atoms with Gasteiger partial charge in [0.1, 0.15) is 17.3 Å². The highest BCUT2D eigenvalue weighted by Gasteiger charge is 2.09. The van der Waals surface area contributed by atoms with E-state index in [1.807, 2.05) is 48.0 Å². The molecule has 0 aliphatic rings. The summed E-state index contributed by atoms with van der Waals surface area (Å²) in [5.74, 6) is 2.34. The van der Waals surface area contributed by atoms with Crippen molar-refractivity contribution in [2.45, 2.75) is 13.3 Å². The van der Waals surface area contributed by atoms with Crippen LogP contribution in [0.4, 0.5) is 11.8 Å². The van der Waals surface area contributed by atoms with Crippen molar-refractivity contribution in [3.63, 3.8) is 0 Å². The Morgan fingerprint density at radius 2 is 1.87 bits per heavy atom. The van der Waals surface area contributed by atoms with E-state index in [9.17, 15) is 4.79 Å². The van der Waals surface area contributed by atoms with Crippen molar-refractivity contribution >= 4 is 28.7 Å². The van der Waals surface area contributed by atoms with E-state index in [0.29, 0.717) is 17.3 Å². The normalized spacial score (nSPS) is 10.7. The van der Waals surface area contributed by atoms with Crippen molar-refractivity contribution in [1.82, 2.24) is 14.5 Å². The number of carbonyl (C=O) groups excluding carboxylic acids is 1. The topological polar surface area (TPSA) is 81.1 Å². The van der Waals surface area contributed by atoms with Crippen LogP contribution in [0.15, 0.2) is 66.9 Å². The maximum Gasteiger partial charge on any atom is 0.222 e. The number of pyridine rings is 1. The highest BCUT2D eigenvalue weighted by atomic mass is 16.5. The summed E-state index contributed by atoms with van der Waals surface area (Å²) >= 11 is 0. The number of hydrogen-bond donors (Lipinski definition) is 2. The molecule has 0 unspecified atom stereocenters. The Bertz CT molecular complexity index is 1170. The molecule has 0 bridgehead atoms. The molecular formula is C23H23N5O2. The third-order valence-electron chi connectivity index (χ3n) is 4.66. The molecule has 7 heteroatoms. The Hall–Kier alpha value is -3.87. The van der Waals surface area contributed by atoms with Gasteiger partial charge in [-0.25, -0.2) is 9.97 Å². The van der Waals surface area contributed by atoms with Crippen molar-refractivity contribution in [2.75, 3.05) is 17.2 Å². The number of aromatic nitrogens is 3. The first-order chi connectivity index (χ1) is 14.6. The molecule has 1 amide bonds. The molecule has 2 aromatic heterocycles. The Morgan fingerprint density at radius 1 is 1.07 bits per heavy atom. The van der Waals surface area contributed by atoms with Gasteiger partial charge < -0.3 is 19.9 Å². The molecule has 0 radical (unpaired) electrons. The van der Waals surface area contributed by atoms with Crippen LogP contribution in [0, 0.1) is 0 Å². The van der Waals surface area contributed by atoms with E-state index in [2.05, 4.69) is 27.8 Å². The van der Waals surface area contributed by atoms with Crippen LogP contribution in [-0.2, 0) is 18.3 Å². The Labute approximate surface area is 174 Å². The predicted octanol–water partition coefficient (Wildman–Crippen LogP) is 4.37. The first-order valence-electron chi connectivity index (χ1n) is 9.74. The number of nitrogens with zero attached hydrogens (tertiary/aromatic N) is 3. The van der Waals surface area contributed by atoms with Gasteiger partial charge in [0.15, 0.2) is 0 Å². The summed E-state index contributed by atoms with van der Waals surface area (Å²) in [6, 6.07) is 19.6. The van der Waals surface area contributed by atoms with Crippen molar-refractivity contribution in [2.24, 2.45) is 7.05 Å². The van der Waals surface area contributed by atoms with E-state index in [1.54, 1.807) is 18.3 Å². The molecule has 0 fully saturated rings. The van der Waals surface area contributed by atoms with Crippen LogP contribution in [0.1, 0.15) is 12.5 Å². The minimum Gasteiger partial charge on any atom is -0.457 e. The summed E-state index contributed by atoms with van der Waals surface area (Å²) in [6.45, 7) is 2.24. The van der Waals surface area contributed by atoms with Gasteiger partial charge in [0.25, 0.3) is 0 Å². The predicted molar refractivity (Wildman–Crippen MR) is 118 cm³/mol. The molecular weight excluding hydrogens is 378 g/mol. The Kier molecular flexibility index (Phi) is 5.61. The summed E-state index contributed by atoms with van der Waals surface area (Å²) in [6.07, 6.45) is 2.52. The second kappa shape index (κ2) is 8.65. The molecule has 0 aliphatic heterocycles. The molecule has 4 rings (SSSR count). The first kappa shape index (κ1) is 19.4. The van der Waals surface area contributed by atoms with Crippen molar-refractivity contribution in [1.29, 1.82) is 0 Å². The van der Waals surface area contributed by atoms with Crippen LogP contribution < -0.4 is 15.4 Å². The van der Waals surface area contributed by atoms with Gasteiger partial charge >= 0.3 is 0 Å². The fourth-order valence-electron chi connectivity index (χ4n) is 3.22. The number of anilines is 2.